The second kappa shape index (κ2) is 5.85. The number of rotatable bonds is 4. The highest BCUT2D eigenvalue weighted by atomic mass is 79.9. The Kier molecular flexibility index (Phi) is 4.53. The molecule has 0 unspecified atom stereocenters. The number of halogens is 1. The molecule has 0 amide bonds. The first-order valence-electron chi connectivity index (χ1n) is 5.92. The van der Waals surface area contributed by atoms with Crippen LogP contribution in [0.3, 0.4) is 0 Å². The highest BCUT2D eigenvalue weighted by molar-refractivity contribution is 9.10. The zero-order valence-electron chi connectivity index (χ0n) is 11.1. The average Bonchev–Trinajstić information content (AvgIpc) is 2.83. The smallest absolute Gasteiger partial charge is 0.271 e. The molecule has 0 atom stereocenters. The summed E-state index contributed by atoms with van der Waals surface area (Å²) in [5.74, 6) is 0. The van der Waals surface area contributed by atoms with Crippen molar-refractivity contribution in [1.82, 2.24) is 0 Å². The van der Waals surface area contributed by atoms with Gasteiger partial charge in [0.15, 0.2) is 0 Å². The van der Waals surface area contributed by atoms with Crippen LogP contribution in [0.4, 0.5) is 5.69 Å². The van der Waals surface area contributed by atoms with E-state index in [1.165, 1.54) is 11.3 Å². The lowest BCUT2D eigenvalue weighted by Gasteiger charge is -2.12. The number of hydrogen-bond donors (Lipinski definition) is 2. The first-order chi connectivity index (χ1) is 9.33. The maximum Gasteiger partial charge on any atom is 0.271 e. The monoisotopic (exact) mass is 374 g/mol. The predicted molar refractivity (Wildman–Crippen MR) is 86.6 cm³/mol. The van der Waals surface area contributed by atoms with Crippen LogP contribution in [0.1, 0.15) is 16.0 Å². The Labute approximate surface area is 131 Å². The summed E-state index contributed by atoms with van der Waals surface area (Å²) in [5.41, 5.74) is 8.02. The molecule has 0 aliphatic rings. The molecule has 7 heteroatoms. The quantitative estimate of drug-likeness (QED) is 0.861. The lowest BCUT2D eigenvalue weighted by atomic mass is 10.1. The van der Waals surface area contributed by atoms with Gasteiger partial charge in [0.2, 0.25) is 0 Å². The SMILES string of the molecule is Cc1cc(C)c(NS(=O)(=O)c2ccc(CN)s2)c(Br)c1. The van der Waals surface area contributed by atoms with Gasteiger partial charge >= 0.3 is 0 Å². The van der Waals surface area contributed by atoms with Crippen molar-refractivity contribution >= 4 is 43.0 Å². The lowest BCUT2D eigenvalue weighted by Crippen LogP contribution is -2.13. The second-order valence-electron chi connectivity index (χ2n) is 4.47. The Morgan fingerprint density at radius 1 is 1.30 bits per heavy atom. The molecule has 1 aromatic heterocycles. The number of sulfonamides is 1. The van der Waals surface area contributed by atoms with Crippen LogP contribution in [0.2, 0.25) is 0 Å². The van der Waals surface area contributed by atoms with Crippen molar-refractivity contribution in [3.05, 3.63) is 44.7 Å². The summed E-state index contributed by atoms with van der Waals surface area (Å²) >= 11 is 4.58. The molecule has 1 heterocycles. The molecule has 0 fully saturated rings. The molecule has 2 rings (SSSR count). The first kappa shape index (κ1) is 15.5. The summed E-state index contributed by atoms with van der Waals surface area (Å²) in [5, 5.41) is 0. The topological polar surface area (TPSA) is 72.2 Å². The van der Waals surface area contributed by atoms with Crippen LogP contribution in [-0.2, 0) is 16.6 Å². The van der Waals surface area contributed by atoms with Gasteiger partial charge < -0.3 is 5.73 Å². The molecule has 0 aliphatic carbocycles. The third-order valence-electron chi connectivity index (χ3n) is 2.77. The number of nitrogens with one attached hydrogen (secondary N) is 1. The lowest BCUT2D eigenvalue weighted by molar-refractivity contribution is 0.603. The van der Waals surface area contributed by atoms with E-state index in [9.17, 15) is 8.42 Å². The van der Waals surface area contributed by atoms with Crippen molar-refractivity contribution in [3.8, 4) is 0 Å². The molecule has 3 N–H and O–H groups in total. The predicted octanol–water partition coefficient (Wildman–Crippen LogP) is 3.39. The van der Waals surface area contributed by atoms with Crippen molar-refractivity contribution < 1.29 is 8.42 Å². The van der Waals surface area contributed by atoms with Crippen LogP contribution in [0.5, 0.6) is 0 Å². The molecule has 2 aromatic rings. The number of benzene rings is 1. The van der Waals surface area contributed by atoms with Gasteiger partial charge in [0, 0.05) is 15.9 Å². The molecule has 20 heavy (non-hydrogen) atoms. The van der Waals surface area contributed by atoms with E-state index in [0.717, 1.165) is 20.5 Å². The summed E-state index contributed by atoms with van der Waals surface area (Å²) in [4.78, 5) is 0.838. The highest BCUT2D eigenvalue weighted by Crippen LogP contribution is 2.31. The van der Waals surface area contributed by atoms with E-state index in [1.807, 2.05) is 26.0 Å². The van der Waals surface area contributed by atoms with Crippen molar-refractivity contribution in [3.63, 3.8) is 0 Å². The third kappa shape index (κ3) is 3.22. The van der Waals surface area contributed by atoms with E-state index in [2.05, 4.69) is 20.7 Å². The van der Waals surface area contributed by atoms with Gasteiger partial charge in [0.05, 0.1) is 5.69 Å². The summed E-state index contributed by atoms with van der Waals surface area (Å²) in [7, 11) is -3.58. The van der Waals surface area contributed by atoms with Gasteiger partial charge in [-0.3, -0.25) is 4.72 Å². The molecule has 4 nitrogen and oxygen atoms in total. The minimum absolute atomic E-state index is 0.268. The van der Waals surface area contributed by atoms with Crippen LogP contribution >= 0.6 is 27.3 Å². The van der Waals surface area contributed by atoms with Crippen molar-refractivity contribution in [2.24, 2.45) is 5.73 Å². The maximum atomic E-state index is 12.4. The van der Waals surface area contributed by atoms with Crippen molar-refractivity contribution in [2.45, 2.75) is 24.6 Å². The van der Waals surface area contributed by atoms with Gasteiger partial charge in [-0.15, -0.1) is 11.3 Å². The van der Waals surface area contributed by atoms with E-state index in [-0.39, 0.29) is 4.21 Å². The minimum Gasteiger partial charge on any atom is -0.326 e. The average molecular weight is 375 g/mol. The molecule has 0 bridgehead atoms. The molecule has 108 valence electrons. The fraction of sp³-hybridized carbons (Fsp3) is 0.231. The summed E-state index contributed by atoms with van der Waals surface area (Å²) in [6.07, 6.45) is 0. The molecule has 1 aromatic carbocycles. The Morgan fingerprint density at radius 2 is 2.00 bits per heavy atom. The molecule has 0 saturated heterocycles. The number of nitrogens with two attached hydrogens (primary N) is 1. The molecule has 0 spiro atoms. The fourth-order valence-corrected chi connectivity index (χ4v) is 5.13. The molecule has 0 radical (unpaired) electrons. The Bertz CT molecular complexity index is 716. The van der Waals surface area contributed by atoms with Gasteiger partial charge in [0.25, 0.3) is 10.0 Å². The Hall–Kier alpha value is -0.890. The van der Waals surface area contributed by atoms with E-state index < -0.39 is 10.0 Å². The number of aryl methyl sites for hydroxylation is 2. The summed E-state index contributed by atoms with van der Waals surface area (Å²) in [6, 6.07) is 7.12. The van der Waals surface area contributed by atoms with Crippen molar-refractivity contribution in [2.75, 3.05) is 4.72 Å². The van der Waals surface area contributed by atoms with E-state index in [1.54, 1.807) is 12.1 Å². The Morgan fingerprint density at radius 3 is 2.55 bits per heavy atom. The van der Waals surface area contributed by atoms with Crippen LogP contribution in [-0.4, -0.2) is 8.42 Å². The highest BCUT2D eigenvalue weighted by Gasteiger charge is 2.19. The van der Waals surface area contributed by atoms with Gasteiger partial charge in [-0.2, -0.15) is 0 Å². The molecular formula is C13H15BrN2O2S2. The van der Waals surface area contributed by atoms with E-state index in [0.29, 0.717) is 12.2 Å². The molecule has 0 saturated carbocycles. The molecular weight excluding hydrogens is 360 g/mol. The van der Waals surface area contributed by atoms with Gasteiger partial charge in [-0.25, -0.2) is 8.42 Å². The number of thiophene rings is 1. The van der Waals surface area contributed by atoms with E-state index in [4.69, 9.17) is 5.73 Å². The standard InChI is InChI=1S/C13H15BrN2O2S2/c1-8-5-9(2)13(11(14)6-8)16-20(17,18)12-4-3-10(7-15)19-12/h3-6,16H,7,15H2,1-2H3. The van der Waals surface area contributed by atoms with Gasteiger partial charge in [0.1, 0.15) is 4.21 Å². The third-order valence-corrected chi connectivity index (χ3v) is 6.35. The largest absolute Gasteiger partial charge is 0.326 e. The van der Waals surface area contributed by atoms with Gasteiger partial charge in [-0.05, 0) is 59.1 Å². The first-order valence-corrected chi connectivity index (χ1v) is 9.01. The van der Waals surface area contributed by atoms with Crippen LogP contribution in [0.25, 0.3) is 0 Å². The van der Waals surface area contributed by atoms with E-state index >= 15 is 0 Å². The normalized spacial score (nSPS) is 11.6. The fourth-order valence-electron chi connectivity index (χ4n) is 1.84. The Balaban J connectivity index is 2.38. The molecule has 0 aliphatic heterocycles. The number of anilines is 1. The van der Waals surface area contributed by atoms with Crippen molar-refractivity contribution in [1.29, 1.82) is 0 Å². The minimum atomic E-state index is -3.58. The zero-order chi connectivity index (χ0) is 14.9. The van der Waals surface area contributed by atoms with Crippen LogP contribution < -0.4 is 10.5 Å². The van der Waals surface area contributed by atoms with Gasteiger partial charge in [-0.1, -0.05) is 6.07 Å². The number of hydrogen-bond acceptors (Lipinski definition) is 4. The second-order valence-corrected chi connectivity index (χ2v) is 8.40. The maximum absolute atomic E-state index is 12.4. The van der Waals surface area contributed by atoms with Crippen LogP contribution in [0.15, 0.2) is 32.9 Å². The summed E-state index contributed by atoms with van der Waals surface area (Å²) in [6.45, 7) is 4.17. The zero-order valence-corrected chi connectivity index (χ0v) is 14.3. The van der Waals surface area contributed by atoms with Crippen LogP contribution in [0, 0.1) is 13.8 Å². The summed E-state index contributed by atoms with van der Waals surface area (Å²) < 4.78 is 28.3.